The minimum absolute atomic E-state index is 0.0324. The maximum absolute atomic E-state index is 15.0. The van der Waals surface area contributed by atoms with Crippen molar-refractivity contribution in [3.8, 4) is 11.1 Å². The normalized spacial score (nSPS) is 20.5. The number of ether oxygens (including phenoxy) is 1. The Bertz CT molecular complexity index is 1510. The number of nitrogens with zero attached hydrogens (tertiary/aromatic N) is 5. The number of halogens is 2. The molecule has 0 bridgehead atoms. The molecule has 2 fully saturated rings. The number of aromatic nitrogens is 5. The van der Waals surface area contributed by atoms with E-state index in [1.54, 1.807) is 26.0 Å². The lowest BCUT2D eigenvalue weighted by molar-refractivity contribution is 0.00443. The molecular weight excluding hydrogens is 469 g/mol. The summed E-state index contributed by atoms with van der Waals surface area (Å²) in [6, 6.07) is 6.90. The molecule has 3 aromatic heterocycles. The molecule has 4 aromatic rings. The highest BCUT2D eigenvalue weighted by Gasteiger charge is 2.30. The average molecular weight is 494 g/mol. The largest absolute Gasteiger partial charge is 0.373 e. The predicted molar refractivity (Wildman–Crippen MR) is 130 cm³/mol. The van der Waals surface area contributed by atoms with E-state index in [0.717, 1.165) is 17.7 Å². The molecule has 0 amide bonds. The summed E-state index contributed by atoms with van der Waals surface area (Å²) in [5, 5.41) is 9.54. The minimum atomic E-state index is -0.471. The van der Waals surface area contributed by atoms with Crippen LogP contribution in [0.1, 0.15) is 66.3 Å². The van der Waals surface area contributed by atoms with Gasteiger partial charge < -0.3 is 4.74 Å². The van der Waals surface area contributed by atoms with E-state index < -0.39 is 5.82 Å². The summed E-state index contributed by atoms with van der Waals surface area (Å²) in [6.45, 7) is 4.07. The average Bonchev–Trinajstić information content (AvgIpc) is 3.59. The molecule has 0 unspecified atom stereocenters. The summed E-state index contributed by atoms with van der Waals surface area (Å²) in [5.41, 5.74) is 3.82. The van der Waals surface area contributed by atoms with E-state index in [4.69, 9.17) is 21.4 Å². The quantitative estimate of drug-likeness (QED) is 0.384. The lowest BCUT2D eigenvalue weighted by atomic mass is 9.89. The summed E-state index contributed by atoms with van der Waals surface area (Å²) in [6.07, 6.45) is 7.64. The second-order valence-electron chi connectivity index (χ2n) is 9.54. The van der Waals surface area contributed by atoms with Crippen LogP contribution in [0.4, 0.5) is 4.39 Å². The van der Waals surface area contributed by atoms with Crippen molar-refractivity contribution < 1.29 is 9.13 Å². The standard InChI is InChI=1S/C26H25ClFN5O2/c1-14-15(2)30-25-21(20-6-3-18(27)10-22(20)28)11-23(31-33(25)26(14)34)16-7-8-35-24(9-16)17-12-29-32(13-17)19-4-5-19/h3,6,10-13,16,19,24H,4-5,7-9H2,1-2H3/t16-,24+/m0/s1. The van der Waals surface area contributed by atoms with Crippen molar-refractivity contribution >= 4 is 17.2 Å². The molecule has 1 aromatic carbocycles. The Balaban J connectivity index is 1.45. The molecule has 1 saturated carbocycles. The maximum Gasteiger partial charge on any atom is 0.277 e. The Kier molecular flexibility index (Phi) is 5.45. The molecule has 1 aliphatic carbocycles. The van der Waals surface area contributed by atoms with E-state index in [1.807, 2.05) is 16.9 Å². The monoisotopic (exact) mass is 493 g/mol. The summed E-state index contributed by atoms with van der Waals surface area (Å²) in [5.74, 6) is -0.439. The number of benzene rings is 1. The van der Waals surface area contributed by atoms with E-state index in [1.165, 1.54) is 23.4 Å². The van der Waals surface area contributed by atoms with Gasteiger partial charge in [0.15, 0.2) is 5.65 Å². The van der Waals surface area contributed by atoms with Crippen LogP contribution in [0.3, 0.4) is 0 Å². The molecule has 180 valence electrons. The van der Waals surface area contributed by atoms with Crippen LogP contribution in [0.2, 0.25) is 5.02 Å². The third-order valence-corrected chi connectivity index (χ3v) is 7.35. The topological polar surface area (TPSA) is 74.3 Å². The Morgan fingerprint density at radius 1 is 1.14 bits per heavy atom. The number of aryl methyl sites for hydroxylation is 1. The van der Waals surface area contributed by atoms with Crippen molar-refractivity contribution in [3.05, 3.63) is 80.4 Å². The van der Waals surface area contributed by atoms with Gasteiger partial charge in [-0.3, -0.25) is 9.48 Å². The van der Waals surface area contributed by atoms with Gasteiger partial charge in [0.05, 0.1) is 24.0 Å². The van der Waals surface area contributed by atoms with Crippen molar-refractivity contribution in [2.45, 2.75) is 57.6 Å². The van der Waals surface area contributed by atoms with Gasteiger partial charge in [0.1, 0.15) is 5.82 Å². The smallest absolute Gasteiger partial charge is 0.277 e. The lowest BCUT2D eigenvalue weighted by Gasteiger charge is -2.29. The summed E-state index contributed by atoms with van der Waals surface area (Å²) >= 11 is 6.00. The van der Waals surface area contributed by atoms with Crippen LogP contribution in [0, 0.1) is 19.7 Å². The summed E-state index contributed by atoms with van der Waals surface area (Å²) < 4.78 is 24.4. The molecule has 2 aliphatic rings. The second kappa shape index (κ2) is 8.53. The number of fused-ring (bicyclic) bond motifs is 1. The fraction of sp³-hybridized carbons (Fsp3) is 0.385. The fourth-order valence-corrected chi connectivity index (χ4v) is 4.94. The minimum Gasteiger partial charge on any atom is -0.373 e. The predicted octanol–water partition coefficient (Wildman–Crippen LogP) is 5.33. The fourth-order valence-electron chi connectivity index (χ4n) is 4.78. The molecule has 1 aliphatic heterocycles. The van der Waals surface area contributed by atoms with Crippen LogP contribution in [0.15, 0.2) is 41.5 Å². The lowest BCUT2D eigenvalue weighted by Crippen LogP contribution is -2.25. The first kappa shape index (κ1) is 22.4. The zero-order valence-corrected chi connectivity index (χ0v) is 20.3. The maximum atomic E-state index is 15.0. The van der Waals surface area contributed by atoms with Crippen LogP contribution < -0.4 is 5.56 Å². The van der Waals surface area contributed by atoms with Gasteiger partial charge in [-0.05, 0) is 63.8 Å². The van der Waals surface area contributed by atoms with E-state index in [2.05, 4.69) is 16.3 Å². The highest BCUT2D eigenvalue weighted by Crippen LogP contribution is 2.40. The molecule has 0 radical (unpaired) electrons. The van der Waals surface area contributed by atoms with Gasteiger partial charge in [-0.15, -0.1) is 0 Å². The van der Waals surface area contributed by atoms with Crippen LogP contribution >= 0.6 is 11.6 Å². The van der Waals surface area contributed by atoms with E-state index in [-0.39, 0.29) is 17.6 Å². The van der Waals surface area contributed by atoms with Gasteiger partial charge in [0.2, 0.25) is 0 Å². The first-order chi connectivity index (χ1) is 16.9. The van der Waals surface area contributed by atoms with Crippen molar-refractivity contribution in [3.63, 3.8) is 0 Å². The van der Waals surface area contributed by atoms with Crippen LogP contribution in [-0.4, -0.2) is 31.0 Å². The molecular formula is C26H25ClFN5O2. The third-order valence-electron chi connectivity index (χ3n) is 7.12. The van der Waals surface area contributed by atoms with Crippen LogP contribution in [0.5, 0.6) is 0 Å². The third kappa shape index (κ3) is 4.04. The highest BCUT2D eigenvalue weighted by molar-refractivity contribution is 6.30. The van der Waals surface area contributed by atoms with Crippen molar-refractivity contribution in [1.82, 2.24) is 24.4 Å². The molecule has 7 nitrogen and oxygen atoms in total. The molecule has 35 heavy (non-hydrogen) atoms. The first-order valence-electron chi connectivity index (χ1n) is 11.9. The van der Waals surface area contributed by atoms with Gasteiger partial charge in [0, 0.05) is 51.7 Å². The van der Waals surface area contributed by atoms with Gasteiger partial charge >= 0.3 is 0 Å². The Morgan fingerprint density at radius 3 is 2.74 bits per heavy atom. The highest BCUT2D eigenvalue weighted by atomic mass is 35.5. The number of hydrogen-bond acceptors (Lipinski definition) is 5. The molecule has 0 spiro atoms. The Labute approximate surface area is 206 Å². The number of rotatable bonds is 4. The second-order valence-corrected chi connectivity index (χ2v) is 9.97. The summed E-state index contributed by atoms with van der Waals surface area (Å²) in [4.78, 5) is 17.8. The van der Waals surface area contributed by atoms with Gasteiger partial charge in [-0.25, -0.2) is 9.37 Å². The molecule has 4 heterocycles. The molecule has 9 heteroatoms. The van der Waals surface area contributed by atoms with E-state index in [9.17, 15) is 4.79 Å². The summed E-state index contributed by atoms with van der Waals surface area (Å²) in [7, 11) is 0. The zero-order chi connectivity index (χ0) is 24.3. The van der Waals surface area contributed by atoms with Crippen molar-refractivity contribution in [1.29, 1.82) is 0 Å². The van der Waals surface area contributed by atoms with Crippen LogP contribution in [0.25, 0.3) is 16.8 Å². The van der Waals surface area contributed by atoms with E-state index in [0.29, 0.717) is 52.1 Å². The molecule has 0 N–H and O–H groups in total. The van der Waals surface area contributed by atoms with Gasteiger partial charge in [0.25, 0.3) is 5.56 Å². The Hall–Kier alpha value is -3.10. The van der Waals surface area contributed by atoms with Gasteiger partial charge in [-0.2, -0.15) is 14.7 Å². The van der Waals surface area contributed by atoms with Gasteiger partial charge in [-0.1, -0.05) is 11.6 Å². The van der Waals surface area contributed by atoms with Crippen molar-refractivity contribution in [2.75, 3.05) is 6.61 Å². The first-order valence-corrected chi connectivity index (χ1v) is 12.3. The zero-order valence-electron chi connectivity index (χ0n) is 19.5. The SMILES string of the molecule is Cc1nc2c(-c3ccc(Cl)cc3F)cc([C@H]3CCO[C@@H](c4cnn(C5CC5)c4)C3)nn2c(=O)c1C. The molecule has 1 saturated heterocycles. The Morgan fingerprint density at radius 2 is 1.97 bits per heavy atom. The number of hydrogen-bond donors (Lipinski definition) is 0. The van der Waals surface area contributed by atoms with Crippen LogP contribution in [-0.2, 0) is 4.74 Å². The molecule has 6 rings (SSSR count). The molecule has 2 atom stereocenters. The van der Waals surface area contributed by atoms with E-state index >= 15 is 4.39 Å². The van der Waals surface area contributed by atoms with Crippen molar-refractivity contribution in [2.24, 2.45) is 0 Å².